The highest BCUT2D eigenvalue weighted by atomic mass is 32.2. The summed E-state index contributed by atoms with van der Waals surface area (Å²) in [5, 5.41) is 12.9. The Kier molecular flexibility index (Phi) is 6.24. The smallest absolute Gasteiger partial charge is 0.234 e. The fourth-order valence-electron chi connectivity index (χ4n) is 1.73. The van der Waals surface area contributed by atoms with Crippen LogP contribution in [0.4, 0.5) is 10.1 Å². The average Bonchev–Trinajstić information content (AvgIpc) is 3.23. The van der Waals surface area contributed by atoms with Gasteiger partial charge >= 0.3 is 0 Å². The van der Waals surface area contributed by atoms with Crippen LogP contribution in [0.1, 0.15) is 4.88 Å². The van der Waals surface area contributed by atoms with Crippen LogP contribution in [0.2, 0.25) is 0 Å². The molecule has 0 spiro atoms. The highest BCUT2D eigenvalue weighted by Crippen LogP contribution is 2.31. The maximum absolute atomic E-state index is 13.1. The van der Waals surface area contributed by atoms with Crippen molar-refractivity contribution in [2.75, 3.05) is 11.1 Å². The van der Waals surface area contributed by atoms with E-state index in [-0.39, 0.29) is 17.5 Å². The van der Waals surface area contributed by atoms with Crippen LogP contribution < -0.4 is 5.32 Å². The third-order valence-corrected chi connectivity index (χ3v) is 7.04. The number of hydrogen-bond donors (Lipinski definition) is 1. The molecule has 0 aliphatic rings. The van der Waals surface area contributed by atoms with E-state index in [1.165, 1.54) is 40.1 Å². The van der Waals surface area contributed by atoms with E-state index in [1.54, 1.807) is 35.2 Å². The fourth-order valence-corrected chi connectivity index (χ4v) is 5.33. The molecule has 1 aromatic carbocycles. The van der Waals surface area contributed by atoms with Crippen molar-refractivity contribution in [1.82, 2.24) is 10.2 Å². The van der Waals surface area contributed by atoms with E-state index in [0.717, 1.165) is 14.4 Å². The van der Waals surface area contributed by atoms with Crippen molar-refractivity contribution >= 4 is 57.8 Å². The Labute approximate surface area is 154 Å². The second-order valence-electron chi connectivity index (χ2n) is 4.55. The molecule has 0 saturated carbocycles. The highest BCUT2D eigenvalue weighted by Gasteiger charge is 2.09. The summed E-state index contributed by atoms with van der Waals surface area (Å²) in [7, 11) is 0. The average molecular weight is 398 g/mol. The van der Waals surface area contributed by atoms with Crippen LogP contribution in [0.3, 0.4) is 0 Å². The number of aromatic nitrogens is 2. The van der Waals surface area contributed by atoms with Crippen LogP contribution in [0, 0.1) is 5.82 Å². The molecule has 0 radical (unpaired) electrons. The SMILES string of the molecule is O=C(CSc1nnc(SCc2cccs2)s1)Nc1cccc(F)c1. The van der Waals surface area contributed by atoms with E-state index in [2.05, 4.69) is 27.0 Å². The molecule has 24 heavy (non-hydrogen) atoms. The first-order valence-corrected chi connectivity index (χ1v) is 10.5. The van der Waals surface area contributed by atoms with Gasteiger partial charge in [-0.2, -0.15) is 0 Å². The van der Waals surface area contributed by atoms with Crippen LogP contribution in [-0.4, -0.2) is 21.9 Å². The van der Waals surface area contributed by atoms with E-state index < -0.39 is 0 Å². The van der Waals surface area contributed by atoms with Crippen LogP contribution in [-0.2, 0) is 10.5 Å². The molecule has 0 atom stereocenters. The maximum Gasteiger partial charge on any atom is 0.234 e. The third kappa shape index (κ3) is 5.30. The number of halogens is 1. The number of thiophene rings is 1. The van der Waals surface area contributed by atoms with E-state index >= 15 is 0 Å². The zero-order valence-corrected chi connectivity index (χ0v) is 15.5. The van der Waals surface area contributed by atoms with E-state index in [4.69, 9.17) is 0 Å². The van der Waals surface area contributed by atoms with Crippen molar-refractivity contribution in [3.63, 3.8) is 0 Å². The van der Waals surface area contributed by atoms with Crippen molar-refractivity contribution in [2.24, 2.45) is 0 Å². The zero-order valence-electron chi connectivity index (χ0n) is 12.3. The molecule has 1 amide bonds. The summed E-state index contributed by atoms with van der Waals surface area (Å²) in [6.45, 7) is 0. The van der Waals surface area contributed by atoms with E-state index in [1.807, 2.05) is 6.07 Å². The summed E-state index contributed by atoms with van der Waals surface area (Å²) in [6, 6.07) is 9.94. The van der Waals surface area contributed by atoms with Gasteiger partial charge in [0.15, 0.2) is 8.68 Å². The number of hydrogen-bond acceptors (Lipinski definition) is 7. The number of benzene rings is 1. The van der Waals surface area contributed by atoms with Crippen molar-refractivity contribution in [3.05, 3.63) is 52.5 Å². The normalized spacial score (nSPS) is 10.7. The minimum Gasteiger partial charge on any atom is -0.325 e. The van der Waals surface area contributed by atoms with Gasteiger partial charge < -0.3 is 5.32 Å². The maximum atomic E-state index is 13.1. The predicted octanol–water partition coefficient (Wildman–Crippen LogP) is 4.76. The number of nitrogens with one attached hydrogen (secondary N) is 1. The largest absolute Gasteiger partial charge is 0.325 e. The van der Waals surface area contributed by atoms with Crippen molar-refractivity contribution in [2.45, 2.75) is 14.4 Å². The van der Waals surface area contributed by atoms with Crippen LogP contribution in [0.25, 0.3) is 0 Å². The Morgan fingerprint density at radius 1 is 1.17 bits per heavy atom. The van der Waals surface area contributed by atoms with Gasteiger partial charge in [0.05, 0.1) is 5.75 Å². The molecular formula is C15H12FN3OS4. The van der Waals surface area contributed by atoms with Gasteiger partial charge in [-0.25, -0.2) is 4.39 Å². The number of thioether (sulfide) groups is 2. The van der Waals surface area contributed by atoms with Crippen LogP contribution in [0.15, 0.2) is 50.5 Å². The van der Waals surface area contributed by atoms with Crippen LogP contribution in [0.5, 0.6) is 0 Å². The van der Waals surface area contributed by atoms with E-state index in [0.29, 0.717) is 5.69 Å². The molecule has 3 aromatic rings. The molecule has 3 rings (SSSR count). The highest BCUT2D eigenvalue weighted by molar-refractivity contribution is 8.03. The Morgan fingerprint density at radius 2 is 2.00 bits per heavy atom. The lowest BCUT2D eigenvalue weighted by molar-refractivity contribution is -0.113. The van der Waals surface area contributed by atoms with Gasteiger partial charge in [-0.15, -0.1) is 21.5 Å². The van der Waals surface area contributed by atoms with Gasteiger partial charge in [0.2, 0.25) is 5.91 Å². The molecular weight excluding hydrogens is 385 g/mol. The Bertz CT molecular complexity index is 807. The minimum absolute atomic E-state index is 0.200. The third-order valence-electron chi connectivity index (χ3n) is 2.74. The summed E-state index contributed by atoms with van der Waals surface area (Å²) in [5.74, 6) is 0.503. The number of carbonyl (C=O) groups excluding carboxylic acids is 1. The van der Waals surface area contributed by atoms with Crippen molar-refractivity contribution < 1.29 is 9.18 Å². The lowest BCUT2D eigenvalue weighted by Crippen LogP contribution is -2.13. The first kappa shape index (κ1) is 17.4. The van der Waals surface area contributed by atoms with E-state index in [9.17, 15) is 9.18 Å². The second-order valence-corrected chi connectivity index (χ2v) is 9.00. The fraction of sp³-hybridized carbons (Fsp3) is 0.133. The van der Waals surface area contributed by atoms with Gasteiger partial charge in [-0.3, -0.25) is 4.79 Å². The molecule has 2 aromatic heterocycles. The quantitative estimate of drug-likeness (QED) is 0.583. The number of rotatable bonds is 7. The Morgan fingerprint density at radius 3 is 2.75 bits per heavy atom. The Hall–Kier alpha value is -1.42. The first-order chi connectivity index (χ1) is 11.7. The number of amides is 1. The molecule has 0 fully saturated rings. The summed E-state index contributed by atoms with van der Waals surface area (Å²) in [5.41, 5.74) is 0.449. The lowest BCUT2D eigenvalue weighted by atomic mass is 10.3. The zero-order chi connectivity index (χ0) is 16.8. The van der Waals surface area contributed by atoms with Crippen LogP contribution >= 0.6 is 46.2 Å². The standard InChI is InChI=1S/C15H12FN3OS4/c16-10-3-1-4-11(7-10)17-13(20)9-23-15-19-18-14(24-15)22-8-12-5-2-6-21-12/h1-7H,8-9H2,(H,17,20). The van der Waals surface area contributed by atoms with Crippen molar-refractivity contribution in [3.8, 4) is 0 Å². The molecule has 124 valence electrons. The molecule has 2 heterocycles. The second kappa shape index (κ2) is 8.61. The van der Waals surface area contributed by atoms with Gasteiger partial charge in [-0.1, -0.05) is 47.0 Å². The number of nitrogens with zero attached hydrogens (tertiary/aromatic N) is 2. The monoisotopic (exact) mass is 397 g/mol. The molecule has 4 nitrogen and oxygen atoms in total. The number of anilines is 1. The molecule has 0 unspecified atom stereocenters. The van der Waals surface area contributed by atoms with Gasteiger partial charge in [0, 0.05) is 16.3 Å². The lowest BCUT2D eigenvalue weighted by Gasteiger charge is -2.03. The first-order valence-electron chi connectivity index (χ1n) is 6.86. The number of carbonyl (C=O) groups is 1. The summed E-state index contributed by atoms with van der Waals surface area (Å²) in [4.78, 5) is 13.2. The summed E-state index contributed by atoms with van der Waals surface area (Å²) in [6.07, 6.45) is 0. The molecule has 0 saturated heterocycles. The topological polar surface area (TPSA) is 54.9 Å². The summed E-state index contributed by atoms with van der Waals surface area (Å²) >= 11 is 6.15. The molecule has 0 aliphatic carbocycles. The van der Waals surface area contributed by atoms with Crippen molar-refractivity contribution in [1.29, 1.82) is 0 Å². The van der Waals surface area contributed by atoms with Gasteiger partial charge in [-0.05, 0) is 29.6 Å². The molecule has 0 bridgehead atoms. The van der Waals surface area contributed by atoms with Gasteiger partial charge in [0.1, 0.15) is 5.82 Å². The summed E-state index contributed by atoms with van der Waals surface area (Å²) < 4.78 is 14.7. The minimum atomic E-state index is -0.378. The Balaban J connectivity index is 1.45. The van der Waals surface area contributed by atoms with Gasteiger partial charge in [0.25, 0.3) is 0 Å². The molecule has 9 heteroatoms. The molecule has 1 N–H and O–H groups in total. The molecule has 0 aliphatic heterocycles. The predicted molar refractivity (Wildman–Crippen MR) is 99.5 cm³/mol.